The zero-order valence-corrected chi connectivity index (χ0v) is 13.4. The molecule has 1 N–H and O–H groups in total. The van der Waals surface area contributed by atoms with Crippen molar-refractivity contribution in [1.29, 1.82) is 0 Å². The van der Waals surface area contributed by atoms with Gasteiger partial charge in [0.1, 0.15) is 0 Å². The molecule has 5 aliphatic rings. The van der Waals surface area contributed by atoms with E-state index in [4.69, 9.17) is 0 Å². The van der Waals surface area contributed by atoms with Gasteiger partial charge in [-0.1, -0.05) is 0 Å². The Morgan fingerprint density at radius 2 is 1.65 bits per heavy atom. The Labute approximate surface area is 135 Å². The van der Waals surface area contributed by atoms with Gasteiger partial charge in [-0.05, 0) is 75.7 Å². The summed E-state index contributed by atoms with van der Waals surface area (Å²) in [6.45, 7) is -0.593. The SMILES string of the molecule is O=C(NC12CC3CC(CC(C3)C1)C2)[C@H]1CCCN1CC(F)(F)F. The fraction of sp³-hybridized carbons (Fsp3) is 0.941. The van der Waals surface area contributed by atoms with Crippen LogP contribution in [0.15, 0.2) is 0 Å². The summed E-state index contributed by atoms with van der Waals surface area (Å²) in [6, 6.07) is -0.593. The molecule has 0 unspecified atom stereocenters. The fourth-order valence-electron chi connectivity index (χ4n) is 6.15. The Hall–Kier alpha value is -0.780. The van der Waals surface area contributed by atoms with Gasteiger partial charge < -0.3 is 5.32 Å². The number of amides is 1. The number of carbonyl (C=O) groups excluding carboxylic acids is 1. The molecule has 1 amide bonds. The molecule has 0 radical (unpaired) electrons. The van der Waals surface area contributed by atoms with E-state index in [-0.39, 0.29) is 11.4 Å². The van der Waals surface area contributed by atoms with Crippen molar-refractivity contribution in [1.82, 2.24) is 10.2 Å². The minimum atomic E-state index is -4.23. The van der Waals surface area contributed by atoms with Crippen molar-refractivity contribution in [2.24, 2.45) is 17.8 Å². The smallest absolute Gasteiger partial charge is 0.349 e. The molecule has 4 aliphatic carbocycles. The maximum Gasteiger partial charge on any atom is 0.401 e. The van der Waals surface area contributed by atoms with Gasteiger partial charge in [0.2, 0.25) is 5.91 Å². The lowest BCUT2D eigenvalue weighted by Crippen LogP contribution is -2.62. The molecule has 1 atom stereocenters. The maximum absolute atomic E-state index is 12.7. The average Bonchev–Trinajstić information content (AvgIpc) is 2.82. The first-order chi connectivity index (χ1) is 10.8. The number of nitrogens with one attached hydrogen (secondary N) is 1. The van der Waals surface area contributed by atoms with E-state index < -0.39 is 18.8 Å². The van der Waals surface area contributed by atoms with Crippen LogP contribution in [0.1, 0.15) is 51.4 Å². The van der Waals surface area contributed by atoms with E-state index in [1.165, 1.54) is 24.2 Å². The van der Waals surface area contributed by atoms with Gasteiger partial charge in [-0.15, -0.1) is 0 Å². The molecule has 0 spiro atoms. The van der Waals surface area contributed by atoms with E-state index in [0.29, 0.717) is 19.4 Å². The van der Waals surface area contributed by atoms with Crippen LogP contribution >= 0.6 is 0 Å². The Balaban J connectivity index is 1.43. The van der Waals surface area contributed by atoms with Gasteiger partial charge in [-0.2, -0.15) is 13.2 Å². The maximum atomic E-state index is 12.7. The van der Waals surface area contributed by atoms with E-state index in [0.717, 1.165) is 37.0 Å². The second-order valence-corrected chi connectivity index (χ2v) is 8.43. The molecule has 23 heavy (non-hydrogen) atoms. The van der Waals surface area contributed by atoms with Gasteiger partial charge in [0.25, 0.3) is 0 Å². The standard InChI is InChI=1S/C17H25F3N2O/c18-17(19,20)10-22-3-1-2-14(22)15(23)21-16-7-11-4-12(8-16)6-13(5-11)9-16/h11-14H,1-10H2,(H,21,23)/t11?,12?,13?,14-,16?/m1/s1. The van der Waals surface area contributed by atoms with Gasteiger partial charge in [0, 0.05) is 5.54 Å². The first-order valence-electron chi connectivity index (χ1n) is 8.95. The third kappa shape index (κ3) is 3.11. The highest BCUT2D eigenvalue weighted by atomic mass is 19.4. The molecule has 130 valence electrons. The van der Waals surface area contributed by atoms with Gasteiger partial charge >= 0.3 is 6.18 Å². The molecule has 5 rings (SSSR count). The Morgan fingerprint density at radius 3 is 2.17 bits per heavy atom. The summed E-state index contributed by atoms with van der Waals surface area (Å²) in [4.78, 5) is 14.0. The van der Waals surface area contributed by atoms with E-state index in [1.54, 1.807) is 0 Å². The molecule has 4 saturated carbocycles. The lowest BCUT2D eigenvalue weighted by atomic mass is 9.53. The summed E-state index contributed by atoms with van der Waals surface area (Å²) in [5, 5.41) is 3.23. The summed E-state index contributed by atoms with van der Waals surface area (Å²) in [5.41, 5.74) is -0.113. The van der Waals surface area contributed by atoms with E-state index >= 15 is 0 Å². The van der Waals surface area contributed by atoms with Crippen LogP contribution in [0.4, 0.5) is 13.2 Å². The quantitative estimate of drug-likeness (QED) is 0.862. The van der Waals surface area contributed by atoms with Gasteiger partial charge in [0.15, 0.2) is 0 Å². The van der Waals surface area contributed by atoms with Crippen molar-refractivity contribution >= 4 is 5.91 Å². The summed E-state index contributed by atoms with van der Waals surface area (Å²) >= 11 is 0. The highest BCUT2D eigenvalue weighted by Crippen LogP contribution is 2.55. The second kappa shape index (κ2) is 5.36. The third-order valence-electron chi connectivity index (χ3n) is 6.48. The molecule has 5 fully saturated rings. The molecule has 0 aromatic heterocycles. The second-order valence-electron chi connectivity index (χ2n) is 8.43. The fourth-order valence-corrected chi connectivity index (χ4v) is 6.15. The molecule has 0 aromatic rings. The lowest BCUT2D eigenvalue weighted by Gasteiger charge is -2.57. The number of alkyl halides is 3. The van der Waals surface area contributed by atoms with Crippen molar-refractivity contribution in [3.63, 3.8) is 0 Å². The minimum Gasteiger partial charge on any atom is -0.349 e. The summed E-state index contributed by atoms with van der Waals surface area (Å²) in [5.74, 6) is 2.00. The normalized spacial score (nSPS) is 43.1. The number of likely N-dealkylation sites (tertiary alicyclic amines) is 1. The first kappa shape index (κ1) is 15.7. The molecular formula is C17H25F3N2O. The molecule has 3 nitrogen and oxygen atoms in total. The predicted octanol–water partition coefficient (Wildman–Crippen LogP) is 3.10. The van der Waals surface area contributed by atoms with E-state index in [2.05, 4.69) is 5.32 Å². The van der Waals surface area contributed by atoms with Gasteiger partial charge in [-0.25, -0.2) is 0 Å². The van der Waals surface area contributed by atoms with Crippen LogP contribution in [-0.2, 0) is 4.79 Å². The molecule has 0 aromatic carbocycles. The highest BCUT2D eigenvalue weighted by molar-refractivity contribution is 5.82. The Bertz CT molecular complexity index is 455. The van der Waals surface area contributed by atoms with Crippen LogP contribution in [0.2, 0.25) is 0 Å². The monoisotopic (exact) mass is 330 g/mol. The van der Waals surface area contributed by atoms with Crippen molar-refractivity contribution in [2.45, 2.75) is 69.1 Å². The largest absolute Gasteiger partial charge is 0.401 e. The number of rotatable bonds is 3. The molecule has 1 saturated heterocycles. The van der Waals surface area contributed by atoms with Crippen molar-refractivity contribution in [3.05, 3.63) is 0 Å². The van der Waals surface area contributed by atoms with Crippen LogP contribution in [0.25, 0.3) is 0 Å². The third-order valence-corrected chi connectivity index (χ3v) is 6.48. The van der Waals surface area contributed by atoms with Crippen LogP contribution < -0.4 is 5.32 Å². The van der Waals surface area contributed by atoms with Crippen molar-refractivity contribution in [2.75, 3.05) is 13.1 Å². The summed E-state index contributed by atoms with van der Waals surface area (Å²) in [7, 11) is 0. The van der Waals surface area contributed by atoms with E-state index in [9.17, 15) is 18.0 Å². The number of nitrogens with zero attached hydrogens (tertiary/aromatic N) is 1. The molecule has 1 aliphatic heterocycles. The average molecular weight is 330 g/mol. The van der Waals surface area contributed by atoms with Crippen LogP contribution in [-0.4, -0.2) is 41.7 Å². The lowest BCUT2D eigenvalue weighted by molar-refractivity contribution is -0.153. The summed E-state index contributed by atoms with van der Waals surface area (Å²) in [6.07, 6.45) is 3.98. The minimum absolute atomic E-state index is 0.113. The first-order valence-corrected chi connectivity index (χ1v) is 8.95. The Kier molecular flexibility index (Phi) is 3.67. The van der Waals surface area contributed by atoms with E-state index in [1.807, 2.05) is 0 Å². The van der Waals surface area contributed by atoms with Crippen molar-refractivity contribution in [3.8, 4) is 0 Å². The molecule has 4 bridgehead atoms. The molecule has 6 heteroatoms. The zero-order chi connectivity index (χ0) is 16.2. The number of carbonyl (C=O) groups is 1. The Morgan fingerprint density at radius 1 is 1.09 bits per heavy atom. The van der Waals surface area contributed by atoms with Crippen LogP contribution in [0.3, 0.4) is 0 Å². The summed E-state index contributed by atoms with van der Waals surface area (Å²) < 4.78 is 38.1. The van der Waals surface area contributed by atoms with Gasteiger partial charge in [0.05, 0.1) is 12.6 Å². The molecule has 1 heterocycles. The predicted molar refractivity (Wildman–Crippen MR) is 79.7 cm³/mol. The topological polar surface area (TPSA) is 32.3 Å². The molecular weight excluding hydrogens is 305 g/mol. The van der Waals surface area contributed by atoms with Gasteiger partial charge in [-0.3, -0.25) is 9.69 Å². The highest BCUT2D eigenvalue weighted by Gasteiger charge is 2.52. The number of hydrogen-bond donors (Lipinski definition) is 1. The number of hydrogen-bond acceptors (Lipinski definition) is 2. The number of halogens is 3. The van der Waals surface area contributed by atoms with Crippen molar-refractivity contribution < 1.29 is 18.0 Å². The van der Waals surface area contributed by atoms with Crippen LogP contribution in [0.5, 0.6) is 0 Å². The zero-order valence-electron chi connectivity index (χ0n) is 13.4. The van der Waals surface area contributed by atoms with Crippen LogP contribution in [0, 0.1) is 17.8 Å².